The molecule has 0 radical (unpaired) electrons. The summed E-state index contributed by atoms with van der Waals surface area (Å²) in [5.41, 5.74) is 2.08. The third kappa shape index (κ3) is 7.51. The molecule has 0 aliphatic carbocycles. The van der Waals surface area contributed by atoms with E-state index in [1.54, 1.807) is 0 Å². The zero-order valence-corrected chi connectivity index (χ0v) is 15.4. The van der Waals surface area contributed by atoms with E-state index in [4.69, 9.17) is 4.74 Å². The normalized spacial score (nSPS) is 14.2. The highest BCUT2D eigenvalue weighted by molar-refractivity contribution is 5.68. The van der Waals surface area contributed by atoms with Crippen molar-refractivity contribution in [2.24, 2.45) is 0 Å². The first-order valence-corrected chi connectivity index (χ1v) is 8.54. The molecule has 0 bridgehead atoms. The van der Waals surface area contributed by atoms with Crippen molar-refractivity contribution in [2.75, 3.05) is 6.54 Å². The molecule has 2 unspecified atom stereocenters. The average molecular weight is 320 g/mol. The van der Waals surface area contributed by atoms with Gasteiger partial charge in [0.1, 0.15) is 5.60 Å². The first-order valence-electron chi connectivity index (χ1n) is 8.54. The van der Waals surface area contributed by atoms with Gasteiger partial charge in [-0.15, -0.1) is 0 Å². The van der Waals surface area contributed by atoms with Gasteiger partial charge in [0.15, 0.2) is 0 Å². The zero-order valence-electron chi connectivity index (χ0n) is 15.4. The maximum Gasteiger partial charge on any atom is 0.407 e. The van der Waals surface area contributed by atoms with Crippen molar-refractivity contribution in [3.63, 3.8) is 0 Å². The number of alkyl carbamates (subject to hydrolysis) is 1. The summed E-state index contributed by atoms with van der Waals surface area (Å²) in [7, 11) is 0. The molecule has 4 heteroatoms. The van der Waals surface area contributed by atoms with E-state index in [1.165, 1.54) is 11.1 Å². The van der Waals surface area contributed by atoms with Crippen LogP contribution < -0.4 is 10.6 Å². The average Bonchev–Trinajstić information content (AvgIpc) is 2.46. The van der Waals surface area contributed by atoms with Crippen LogP contribution in [0.2, 0.25) is 0 Å². The van der Waals surface area contributed by atoms with Gasteiger partial charge in [-0.2, -0.15) is 0 Å². The second kappa shape index (κ2) is 8.92. The van der Waals surface area contributed by atoms with Gasteiger partial charge in [0.05, 0.1) is 0 Å². The van der Waals surface area contributed by atoms with Crippen molar-refractivity contribution in [1.29, 1.82) is 0 Å². The molecule has 4 nitrogen and oxygen atoms in total. The number of carbonyl (C=O) groups is 1. The number of hydrogen-bond acceptors (Lipinski definition) is 3. The lowest BCUT2D eigenvalue weighted by Gasteiger charge is -2.25. The Bertz CT molecular complexity index is 477. The van der Waals surface area contributed by atoms with Crippen molar-refractivity contribution in [3.8, 4) is 0 Å². The van der Waals surface area contributed by atoms with Gasteiger partial charge in [-0.3, -0.25) is 0 Å². The monoisotopic (exact) mass is 320 g/mol. The van der Waals surface area contributed by atoms with Crippen LogP contribution in [-0.4, -0.2) is 24.3 Å². The van der Waals surface area contributed by atoms with Crippen LogP contribution in [0.25, 0.3) is 0 Å². The van der Waals surface area contributed by atoms with Crippen LogP contribution in [0.15, 0.2) is 24.3 Å². The highest BCUT2D eigenvalue weighted by Gasteiger charge is 2.19. The Labute approximate surface area is 141 Å². The summed E-state index contributed by atoms with van der Waals surface area (Å²) >= 11 is 0. The predicted molar refractivity (Wildman–Crippen MR) is 95.7 cm³/mol. The molecule has 130 valence electrons. The first-order chi connectivity index (χ1) is 10.7. The molecule has 0 aliphatic heterocycles. The van der Waals surface area contributed by atoms with E-state index in [0.717, 1.165) is 19.4 Å². The fourth-order valence-electron chi connectivity index (χ4n) is 2.35. The Morgan fingerprint density at radius 3 is 2.22 bits per heavy atom. The second-order valence-corrected chi connectivity index (χ2v) is 7.03. The first kappa shape index (κ1) is 19.5. The molecule has 0 saturated carbocycles. The quantitative estimate of drug-likeness (QED) is 0.786. The van der Waals surface area contributed by atoms with Gasteiger partial charge in [-0.05, 0) is 46.1 Å². The molecule has 1 amide bonds. The molecule has 23 heavy (non-hydrogen) atoms. The minimum Gasteiger partial charge on any atom is -0.444 e. The Morgan fingerprint density at radius 2 is 1.74 bits per heavy atom. The number of benzene rings is 1. The van der Waals surface area contributed by atoms with Gasteiger partial charge in [-0.1, -0.05) is 43.7 Å². The van der Waals surface area contributed by atoms with Crippen LogP contribution in [0.1, 0.15) is 64.6 Å². The minimum absolute atomic E-state index is 0.0596. The summed E-state index contributed by atoms with van der Waals surface area (Å²) < 4.78 is 5.32. The third-order valence-electron chi connectivity index (χ3n) is 3.71. The molecule has 2 atom stereocenters. The molecule has 1 aromatic rings. The highest BCUT2D eigenvalue weighted by atomic mass is 16.6. The molecule has 0 spiro atoms. The van der Waals surface area contributed by atoms with Crippen LogP contribution in [-0.2, 0) is 4.74 Å². The van der Waals surface area contributed by atoms with E-state index < -0.39 is 5.60 Å². The van der Waals surface area contributed by atoms with Crippen LogP contribution in [0, 0.1) is 6.92 Å². The van der Waals surface area contributed by atoms with E-state index in [9.17, 15) is 4.79 Å². The predicted octanol–water partition coefficient (Wildman–Crippen LogP) is 4.34. The van der Waals surface area contributed by atoms with Crippen LogP contribution in [0.3, 0.4) is 0 Å². The lowest BCUT2D eigenvalue weighted by molar-refractivity contribution is 0.0502. The number of amides is 1. The number of nitrogens with one attached hydrogen (secondary N) is 2. The van der Waals surface area contributed by atoms with Crippen LogP contribution in [0.4, 0.5) is 4.79 Å². The van der Waals surface area contributed by atoms with E-state index in [2.05, 4.69) is 55.7 Å². The van der Waals surface area contributed by atoms with Crippen molar-refractivity contribution < 1.29 is 9.53 Å². The zero-order chi connectivity index (χ0) is 17.5. The largest absolute Gasteiger partial charge is 0.444 e. The van der Waals surface area contributed by atoms with Crippen LogP contribution >= 0.6 is 0 Å². The van der Waals surface area contributed by atoms with Gasteiger partial charge < -0.3 is 15.4 Å². The number of hydrogen-bond donors (Lipinski definition) is 2. The second-order valence-electron chi connectivity index (χ2n) is 7.03. The van der Waals surface area contributed by atoms with Crippen molar-refractivity contribution in [1.82, 2.24) is 10.6 Å². The van der Waals surface area contributed by atoms with Gasteiger partial charge in [0.25, 0.3) is 0 Å². The van der Waals surface area contributed by atoms with E-state index >= 15 is 0 Å². The number of carbonyl (C=O) groups excluding carboxylic acids is 1. The third-order valence-corrected chi connectivity index (χ3v) is 3.71. The van der Waals surface area contributed by atoms with Gasteiger partial charge >= 0.3 is 6.09 Å². The lowest BCUT2D eigenvalue weighted by Crippen LogP contribution is -2.44. The number of rotatable bonds is 7. The van der Waals surface area contributed by atoms with E-state index in [1.807, 2.05) is 20.8 Å². The van der Waals surface area contributed by atoms with Crippen molar-refractivity contribution in [3.05, 3.63) is 35.4 Å². The maximum atomic E-state index is 11.9. The molecule has 0 aliphatic rings. The molecule has 0 aromatic heterocycles. The molecule has 1 aromatic carbocycles. The number of ether oxygens (including phenoxy) is 1. The summed E-state index contributed by atoms with van der Waals surface area (Å²) in [5.74, 6) is 0. The standard InChI is InChI=1S/C19H32N2O2/c1-7-16(21-18(22)23-19(4,5)6)13-20-17(8-2)15-11-9-14(3)10-12-15/h9-12,16-17,20H,7-8,13H2,1-6H3,(H,21,22). The molecule has 2 N–H and O–H groups in total. The Balaban J connectivity index is 2.54. The minimum atomic E-state index is -0.469. The summed E-state index contributed by atoms with van der Waals surface area (Å²) in [6.45, 7) is 12.7. The summed E-state index contributed by atoms with van der Waals surface area (Å²) in [5, 5.41) is 6.49. The Morgan fingerprint density at radius 1 is 1.13 bits per heavy atom. The maximum absolute atomic E-state index is 11.9. The number of aryl methyl sites for hydroxylation is 1. The van der Waals surface area contributed by atoms with Gasteiger partial charge in [-0.25, -0.2) is 4.79 Å². The molecule has 0 fully saturated rings. The Hall–Kier alpha value is -1.55. The van der Waals surface area contributed by atoms with Crippen molar-refractivity contribution >= 4 is 6.09 Å². The summed E-state index contributed by atoms with van der Waals surface area (Å²) in [6.07, 6.45) is 1.51. The highest BCUT2D eigenvalue weighted by Crippen LogP contribution is 2.17. The Kier molecular flexibility index (Phi) is 7.56. The van der Waals surface area contributed by atoms with Gasteiger partial charge in [0, 0.05) is 18.6 Å². The molecule has 0 heterocycles. The molecule has 0 saturated heterocycles. The van der Waals surface area contributed by atoms with E-state index in [0.29, 0.717) is 6.04 Å². The fourth-order valence-corrected chi connectivity index (χ4v) is 2.35. The van der Waals surface area contributed by atoms with Crippen molar-refractivity contribution in [2.45, 2.75) is 72.1 Å². The lowest BCUT2D eigenvalue weighted by atomic mass is 10.0. The van der Waals surface area contributed by atoms with E-state index in [-0.39, 0.29) is 12.1 Å². The summed E-state index contributed by atoms with van der Waals surface area (Å²) in [6, 6.07) is 8.96. The van der Waals surface area contributed by atoms with Crippen LogP contribution in [0.5, 0.6) is 0 Å². The fraction of sp³-hybridized carbons (Fsp3) is 0.632. The molecular weight excluding hydrogens is 288 g/mol. The smallest absolute Gasteiger partial charge is 0.407 e. The van der Waals surface area contributed by atoms with Gasteiger partial charge in [0.2, 0.25) is 0 Å². The SMILES string of the molecule is CCC(CNC(CC)c1ccc(C)cc1)NC(=O)OC(C)(C)C. The summed E-state index contributed by atoms with van der Waals surface area (Å²) in [4.78, 5) is 11.9. The molecule has 1 rings (SSSR count). The molecular formula is C19H32N2O2. The topological polar surface area (TPSA) is 50.4 Å².